The summed E-state index contributed by atoms with van der Waals surface area (Å²) in [5.74, 6) is -1.61. The summed E-state index contributed by atoms with van der Waals surface area (Å²) >= 11 is 6.82. The second-order valence-electron chi connectivity index (χ2n) is 10.7. The second-order valence-corrected chi connectivity index (χ2v) is 13.1. The molecule has 0 amide bonds. The molecular weight excluding hydrogens is 590 g/mol. The highest BCUT2D eigenvalue weighted by Gasteiger charge is 2.46. The summed E-state index contributed by atoms with van der Waals surface area (Å²) in [5.41, 5.74) is 1.30. The molecule has 3 aromatic rings. The highest BCUT2D eigenvalue weighted by Crippen LogP contribution is 2.49. The first kappa shape index (κ1) is 28.7. The molecule has 0 saturated heterocycles. The maximum Gasteiger partial charge on any atom is 0.586 e. The normalized spacial score (nSPS) is 21.5. The molecule has 0 unspecified atom stereocenters. The summed E-state index contributed by atoms with van der Waals surface area (Å²) in [7, 11) is -1.32. The Hall–Kier alpha value is -3.41. The van der Waals surface area contributed by atoms with E-state index in [0.717, 1.165) is 44.9 Å². The summed E-state index contributed by atoms with van der Waals surface area (Å²) in [6.07, 6.45) is 1.12. The predicted octanol–water partition coefficient (Wildman–Crippen LogP) is 6.84. The predicted molar refractivity (Wildman–Crippen MR) is 153 cm³/mol. The number of anilines is 2. The number of methoxy groups -OCH3 is 1. The lowest BCUT2D eigenvalue weighted by Crippen LogP contribution is -2.46. The number of alkyl halides is 2. The average Bonchev–Trinajstić information content (AvgIpc) is 3.27. The fourth-order valence-electron chi connectivity index (χ4n) is 6.20. The Kier molecular flexibility index (Phi) is 7.31. The molecule has 3 aromatic carbocycles. The number of likely N-dealkylation sites (N-methyl/N-ethyl adjacent to an activating group) is 1. The number of fused-ring (bicyclic) bond motifs is 2. The van der Waals surface area contributed by atoms with E-state index in [-0.39, 0.29) is 38.6 Å². The van der Waals surface area contributed by atoms with E-state index in [4.69, 9.17) is 16.3 Å². The van der Waals surface area contributed by atoms with Crippen LogP contribution in [0.3, 0.4) is 0 Å². The number of hydrogen-bond donors (Lipinski definition) is 0. The first-order chi connectivity index (χ1) is 20.0. The van der Waals surface area contributed by atoms with Crippen molar-refractivity contribution in [2.45, 2.75) is 49.3 Å². The van der Waals surface area contributed by atoms with E-state index < -0.39 is 33.8 Å². The van der Waals surface area contributed by atoms with Gasteiger partial charge in [0.15, 0.2) is 11.5 Å². The number of halogens is 3. The van der Waals surface area contributed by atoms with Gasteiger partial charge in [-0.25, -0.2) is 13.2 Å². The average molecular weight is 619 g/mol. The quantitative estimate of drug-likeness (QED) is 0.296. The molecule has 2 aliphatic heterocycles. The van der Waals surface area contributed by atoms with Crippen molar-refractivity contribution in [1.29, 1.82) is 0 Å². The van der Waals surface area contributed by atoms with Gasteiger partial charge >= 0.3 is 12.3 Å². The Labute approximate surface area is 247 Å². The van der Waals surface area contributed by atoms with Crippen LogP contribution in [-0.2, 0) is 14.8 Å². The van der Waals surface area contributed by atoms with Gasteiger partial charge in [0, 0.05) is 30.9 Å². The SMILES string of the molecule is COC(=O)c1cc(-c2cc3c(cc2Cl)N(c2ccccc2)C[C@@H](C2CCCCC2)N(C)S3(=O)=O)cc2c1OC(F)(F)O2. The maximum absolute atomic E-state index is 14.3. The Morgan fingerprint density at radius 2 is 1.76 bits per heavy atom. The van der Waals surface area contributed by atoms with Crippen LogP contribution in [0.15, 0.2) is 59.5 Å². The van der Waals surface area contributed by atoms with Crippen molar-refractivity contribution in [2.24, 2.45) is 5.92 Å². The van der Waals surface area contributed by atoms with Crippen LogP contribution >= 0.6 is 11.6 Å². The molecule has 42 heavy (non-hydrogen) atoms. The van der Waals surface area contributed by atoms with Gasteiger partial charge in [0.25, 0.3) is 0 Å². The van der Waals surface area contributed by atoms with Crippen molar-refractivity contribution in [3.63, 3.8) is 0 Å². The number of carbonyl (C=O) groups excluding carboxylic acids is 1. The highest BCUT2D eigenvalue weighted by atomic mass is 35.5. The third-order valence-corrected chi connectivity index (χ3v) is 10.5. The van der Waals surface area contributed by atoms with Crippen LogP contribution in [0, 0.1) is 5.92 Å². The Bertz CT molecular complexity index is 1650. The van der Waals surface area contributed by atoms with Gasteiger partial charge in [-0.1, -0.05) is 49.1 Å². The van der Waals surface area contributed by atoms with Gasteiger partial charge in [0.2, 0.25) is 10.0 Å². The minimum atomic E-state index is -4.04. The summed E-state index contributed by atoms with van der Waals surface area (Å²) < 4.78 is 72.0. The van der Waals surface area contributed by atoms with Crippen LogP contribution in [0.25, 0.3) is 11.1 Å². The van der Waals surface area contributed by atoms with E-state index in [0.29, 0.717) is 12.2 Å². The zero-order valence-electron chi connectivity index (χ0n) is 23.0. The number of ether oxygens (including phenoxy) is 3. The van der Waals surface area contributed by atoms with E-state index >= 15 is 0 Å². The number of sulfonamides is 1. The first-order valence-electron chi connectivity index (χ1n) is 13.7. The van der Waals surface area contributed by atoms with Gasteiger partial charge in [0.05, 0.1) is 17.8 Å². The number of nitrogens with zero attached hydrogens (tertiary/aromatic N) is 2. The van der Waals surface area contributed by atoms with E-state index in [1.54, 1.807) is 13.1 Å². The van der Waals surface area contributed by atoms with Crippen LogP contribution in [0.5, 0.6) is 11.5 Å². The lowest BCUT2D eigenvalue weighted by atomic mass is 9.83. The molecule has 1 fully saturated rings. The van der Waals surface area contributed by atoms with Crippen molar-refractivity contribution in [1.82, 2.24) is 4.31 Å². The van der Waals surface area contributed by atoms with Crippen LogP contribution in [0.4, 0.5) is 20.2 Å². The number of rotatable bonds is 4. The summed E-state index contributed by atoms with van der Waals surface area (Å²) in [6.45, 7) is 0.429. The maximum atomic E-state index is 14.3. The Morgan fingerprint density at radius 1 is 1.05 bits per heavy atom. The molecule has 1 aliphatic carbocycles. The van der Waals surface area contributed by atoms with Crippen molar-refractivity contribution in [2.75, 3.05) is 25.6 Å². The molecule has 0 spiro atoms. The van der Waals surface area contributed by atoms with Gasteiger partial charge < -0.3 is 19.1 Å². The second kappa shape index (κ2) is 10.7. The number of carbonyl (C=O) groups is 1. The zero-order valence-corrected chi connectivity index (χ0v) is 24.6. The molecular formula is C30H29ClF2N2O6S. The first-order valence-corrected chi connectivity index (χ1v) is 15.5. The summed E-state index contributed by atoms with van der Waals surface area (Å²) in [6, 6.07) is 14.7. The largest absolute Gasteiger partial charge is 0.586 e. The molecule has 0 radical (unpaired) electrons. The molecule has 0 bridgehead atoms. The molecule has 222 valence electrons. The van der Waals surface area contributed by atoms with E-state index in [1.165, 1.54) is 22.5 Å². The van der Waals surface area contributed by atoms with Crippen LogP contribution < -0.4 is 14.4 Å². The van der Waals surface area contributed by atoms with Crippen LogP contribution in [-0.4, -0.2) is 51.7 Å². The number of para-hydroxylation sites is 1. The lowest BCUT2D eigenvalue weighted by molar-refractivity contribution is -0.286. The van der Waals surface area contributed by atoms with Crippen LogP contribution in [0.1, 0.15) is 42.5 Å². The molecule has 8 nitrogen and oxygen atoms in total. The van der Waals surface area contributed by atoms with E-state index in [9.17, 15) is 22.0 Å². The van der Waals surface area contributed by atoms with Crippen molar-refractivity contribution < 1.29 is 36.2 Å². The molecule has 6 rings (SSSR count). The molecule has 1 atom stereocenters. The van der Waals surface area contributed by atoms with Gasteiger partial charge in [0.1, 0.15) is 10.5 Å². The monoisotopic (exact) mass is 618 g/mol. The highest BCUT2D eigenvalue weighted by molar-refractivity contribution is 7.89. The van der Waals surface area contributed by atoms with Crippen molar-refractivity contribution >= 4 is 39.0 Å². The topological polar surface area (TPSA) is 85.4 Å². The fourth-order valence-corrected chi connectivity index (χ4v) is 8.07. The molecule has 0 aromatic heterocycles. The minimum Gasteiger partial charge on any atom is -0.465 e. The van der Waals surface area contributed by atoms with Gasteiger partial charge in [-0.15, -0.1) is 8.78 Å². The number of benzene rings is 3. The third kappa shape index (κ3) is 4.97. The van der Waals surface area contributed by atoms with Gasteiger partial charge in [-0.3, -0.25) is 0 Å². The lowest BCUT2D eigenvalue weighted by Gasteiger charge is -2.36. The standard InChI is InChI=1S/C30H29ClF2N2O6S/c1-34-25(18-9-5-3-6-10-18)17-35(20-11-7-4-8-12-20)24-16-23(31)21(15-27(24)42(34,37)38)19-13-22(29(36)39-2)28-26(14-19)40-30(32,33)41-28/h4,7-8,11-16,18,25H,3,5-6,9-10,17H2,1-2H3/t25-/m0/s1. The van der Waals surface area contributed by atoms with Crippen molar-refractivity contribution in [3.05, 3.63) is 65.2 Å². The fraction of sp³-hybridized carbons (Fsp3) is 0.367. The molecule has 2 heterocycles. The van der Waals surface area contributed by atoms with Crippen molar-refractivity contribution in [3.8, 4) is 22.6 Å². The Balaban J connectivity index is 1.54. The van der Waals surface area contributed by atoms with E-state index in [2.05, 4.69) is 9.47 Å². The van der Waals surface area contributed by atoms with E-state index in [1.807, 2.05) is 35.2 Å². The number of esters is 1. The van der Waals surface area contributed by atoms with Gasteiger partial charge in [-0.05, 0) is 60.7 Å². The number of hydrogen-bond acceptors (Lipinski definition) is 7. The molecule has 0 N–H and O–H groups in total. The molecule has 3 aliphatic rings. The molecule has 12 heteroatoms. The Morgan fingerprint density at radius 3 is 2.45 bits per heavy atom. The minimum absolute atomic E-state index is 0.00850. The third-order valence-electron chi connectivity index (χ3n) is 8.32. The summed E-state index contributed by atoms with van der Waals surface area (Å²) in [4.78, 5) is 14.5. The zero-order chi connectivity index (χ0) is 29.8. The molecule has 1 saturated carbocycles. The smallest absolute Gasteiger partial charge is 0.465 e. The van der Waals surface area contributed by atoms with Gasteiger partial charge in [-0.2, -0.15) is 4.31 Å². The van der Waals surface area contributed by atoms with Crippen LogP contribution in [0.2, 0.25) is 5.02 Å². The summed E-state index contributed by atoms with van der Waals surface area (Å²) in [5, 5.41) is 0.157.